The number of methoxy groups -OCH3 is 1. The summed E-state index contributed by atoms with van der Waals surface area (Å²) in [7, 11) is 1.51. The van der Waals surface area contributed by atoms with E-state index in [1.807, 2.05) is 38.1 Å². The van der Waals surface area contributed by atoms with Crippen molar-refractivity contribution in [3.8, 4) is 11.8 Å². The first-order valence-corrected chi connectivity index (χ1v) is 6.52. The number of aryl methyl sites for hydroxylation is 2. The van der Waals surface area contributed by atoms with E-state index in [0.29, 0.717) is 22.6 Å². The summed E-state index contributed by atoms with van der Waals surface area (Å²) in [5.74, 6) is 0.280. The Morgan fingerprint density at radius 3 is 2.43 bits per heavy atom. The highest BCUT2D eigenvalue weighted by Crippen LogP contribution is 2.26. The summed E-state index contributed by atoms with van der Waals surface area (Å²) in [4.78, 5) is 12.4. The van der Waals surface area contributed by atoms with E-state index in [4.69, 9.17) is 10.00 Å². The van der Waals surface area contributed by atoms with E-state index in [0.717, 1.165) is 11.1 Å². The number of nitrogens with zero attached hydrogens (tertiary/aromatic N) is 1. The largest absolute Gasteiger partial charge is 0.495 e. The predicted octanol–water partition coefficient (Wildman–Crippen LogP) is 3.44. The highest BCUT2D eigenvalue weighted by molar-refractivity contribution is 6.07. The summed E-state index contributed by atoms with van der Waals surface area (Å²) in [6, 6.07) is 12.7. The van der Waals surface area contributed by atoms with Crippen molar-refractivity contribution in [2.75, 3.05) is 12.4 Å². The zero-order valence-electron chi connectivity index (χ0n) is 12.2. The second kappa shape index (κ2) is 6.10. The number of nitrogens with one attached hydrogen (secondary N) is 1. The number of amides is 1. The van der Waals surface area contributed by atoms with Crippen LogP contribution in [0.1, 0.15) is 27.0 Å². The molecule has 0 bridgehead atoms. The molecular formula is C17H16N2O2. The minimum absolute atomic E-state index is 0.186. The average Bonchev–Trinajstić information content (AvgIpc) is 2.47. The van der Waals surface area contributed by atoms with Crippen LogP contribution in [0.3, 0.4) is 0 Å². The SMILES string of the molecule is COc1cc(C#N)ccc1NC(=O)c1c(C)cccc1C. The van der Waals surface area contributed by atoms with Crippen LogP contribution in [-0.4, -0.2) is 13.0 Å². The number of carbonyl (C=O) groups is 1. The lowest BCUT2D eigenvalue weighted by Gasteiger charge is -2.13. The minimum Gasteiger partial charge on any atom is -0.495 e. The third kappa shape index (κ3) is 3.03. The molecule has 1 N–H and O–H groups in total. The Balaban J connectivity index is 2.34. The summed E-state index contributed by atoms with van der Waals surface area (Å²) in [6.45, 7) is 3.80. The molecule has 0 heterocycles. The summed E-state index contributed by atoms with van der Waals surface area (Å²) in [5, 5.41) is 11.7. The molecule has 0 fully saturated rings. The van der Waals surface area contributed by atoms with Gasteiger partial charge in [-0.25, -0.2) is 0 Å². The minimum atomic E-state index is -0.186. The summed E-state index contributed by atoms with van der Waals surface area (Å²) in [5.41, 5.74) is 3.52. The normalized spacial score (nSPS) is 9.81. The molecule has 0 aliphatic carbocycles. The lowest BCUT2D eigenvalue weighted by atomic mass is 10.0. The van der Waals surface area contributed by atoms with Crippen LogP contribution in [0.4, 0.5) is 5.69 Å². The quantitative estimate of drug-likeness (QED) is 0.936. The molecule has 2 aromatic carbocycles. The standard InChI is InChI=1S/C17H16N2O2/c1-11-5-4-6-12(2)16(11)17(20)19-14-8-7-13(10-18)9-15(14)21-3/h4-9H,1-3H3,(H,19,20). The van der Waals surface area contributed by atoms with E-state index in [-0.39, 0.29) is 5.91 Å². The van der Waals surface area contributed by atoms with Crippen LogP contribution in [0.2, 0.25) is 0 Å². The Morgan fingerprint density at radius 1 is 1.19 bits per heavy atom. The van der Waals surface area contributed by atoms with Gasteiger partial charge in [-0.05, 0) is 37.1 Å². The van der Waals surface area contributed by atoms with Crippen molar-refractivity contribution in [3.63, 3.8) is 0 Å². The lowest BCUT2D eigenvalue weighted by molar-refractivity contribution is 0.102. The molecule has 106 valence electrons. The predicted molar refractivity (Wildman–Crippen MR) is 81.6 cm³/mol. The highest BCUT2D eigenvalue weighted by atomic mass is 16.5. The number of hydrogen-bond acceptors (Lipinski definition) is 3. The third-order valence-electron chi connectivity index (χ3n) is 3.29. The van der Waals surface area contributed by atoms with Gasteiger partial charge < -0.3 is 10.1 Å². The van der Waals surface area contributed by atoms with Crippen LogP contribution < -0.4 is 10.1 Å². The average molecular weight is 280 g/mol. The molecular weight excluding hydrogens is 264 g/mol. The zero-order valence-corrected chi connectivity index (χ0v) is 12.2. The molecule has 0 aliphatic rings. The maximum absolute atomic E-state index is 12.4. The van der Waals surface area contributed by atoms with Gasteiger partial charge in [0.25, 0.3) is 5.91 Å². The molecule has 4 nitrogen and oxygen atoms in total. The van der Waals surface area contributed by atoms with Crippen molar-refractivity contribution < 1.29 is 9.53 Å². The first-order chi connectivity index (χ1) is 10.1. The van der Waals surface area contributed by atoms with Crippen molar-refractivity contribution in [2.24, 2.45) is 0 Å². The van der Waals surface area contributed by atoms with Gasteiger partial charge >= 0.3 is 0 Å². The van der Waals surface area contributed by atoms with Crippen LogP contribution >= 0.6 is 0 Å². The van der Waals surface area contributed by atoms with Gasteiger partial charge in [0, 0.05) is 11.6 Å². The van der Waals surface area contributed by atoms with Gasteiger partial charge in [-0.2, -0.15) is 5.26 Å². The van der Waals surface area contributed by atoms with Gasteiger partial charge in [0.05, 0.1) is 24.4 Å². The Bertz CT molecular complexity index is 710. The highest BCUT2D eigenvalue weighted by Gasteiger charge is 2.14. The van der Waals surface area contributed by atoms with E-state index in [9.17, 15) is 4.79 Å². The fourth-order valence-corrected chi connectivity index (χ4v) is 2.22. The number of carbonyl (C=O) groups excluding carboxylic acids is 1. The fraction of sp³-hybridized carbons (Fsp3) is 0.176. The van der Waals surface area contributed by atoms with Crippen LogP contribution in [-0.2, 0) is 0 Å². The number of rotatable bonds is 3. The smallest absolute Gasteiger partial charge is 0.256 e. The maximum Gasteiger partial charge on any atom is 0.256 e. The molecule has 0 aromatic heterocycles. The Labute approximate surface area is 124 Å². The van der Waals surface area contributed by atoms with Crippen molar-refractivity contribution in [3.05, 3.63) is 58.7 Å². The van der Waals surface area contributed by atoms with E-state index < -0.39 is 0 Å². The number of nitriles is 1. The topological polar surface area (TPSA) is 62.1 Å². The second-order valence-corrected chi connectivity index (χ2v) is 4.75. The van der Waals surface area contributed by atoms with Crippen LogP contribution in [0.15, 0.2) is 36.4 Å². The first-order valence-electron chi connectivity index (χ1n) is 6.52. The van der Waals surface area contributed by atoms with Gasteiger partial charge in [0.2, 0.25) is 0 Å². The van der Waals surface area contributed by atoms with E-state index >= 15 is 0 Å². The Morgan fingerprint density at radius 2 is 1.86 bits per heavy atom. The lowest BCUT2D eigenvalue weighted by Crippen LogP contribution is -2.15. The van der Waals surface area contributed by atoms with Crippen LogP contribution in [0.5, 0.6) is 5.75 Å². The van der Waals surface area contributed by atoms with Crippen LogP contribution in [0, 0.1) is 25.2 Å². The number of benzene rings is 2. The number of ether oxygens (including phenoxy) is 1. The van der Waals surface area contributed by atoms with E-state index in [2.05, 4.69) is 5.32 Å². The van der Waals surface area contributed by atoms with Gasteiger partial charge in [-0.3, -0.25) is 4.79 Å². The summed E-state index contributed by atoms with van der Waals surface area (Å²) < 4.78 is 5.22. The first kappa shape index (κ1) is 14.6. The Kier molecular flexibility index (Phi) is 4.24. The van der Waals surface area contributed by atoms with Crippen molar-refractivity contribution in [1.82, 2.24) is 0 Å². The number of anilines is 1. The molecule has 0 saturated carbocycles. The molecule has 4 heteroatoms. The molecule has 21 heavy (non-hydrogen) atoms. The van der Waals surface area contributed by atoms with Crippen molar-refractivity contribution in [2.45, 2.75) is 13.8 Å². The van der Waals surface area contributed by atoms with E-state index in [1.54, 1.807) is 18.2 Å². The molecule has 0 spiro atoms. The molecule has 0 radical (unpaired) electrons. The molecule has 2 rings (SSSR count). The monoisotopic (exact) mass is 280 g/mol. The number of hydrogen-bond donors (Lipinski definition) is 1. The molecule has 0 atom stereocenters. The van der Waals surface area contributed by atoms with Gasteiger partial charge in [0.1, 0.15) is 5.75 Å². The summed E-state index contributed by atoms with van der Waals surface area (Å²) in [6.07, 6.45) is 0. The van der Waals surface area contributed by atoms with Gasteiger partial charge in [-0.15, -0.1) is 0 Å². The molecule has 2 aromatic rings. The van der Waals surface area contributed by atoms with Gasteiger partial charge in [0.15, 0.2) is 0 Å². The Hall–Kier alpha value is -2.80. The zero-order chi connectivity index (χ0) is 15.4. The second-order valence-electron chi connectivity index (χ2n) is 4.75. The third-order valence-corrected chi connectivity index (χ3v) is 3.29. The molecule has 0 aliphatic heterocycles. The molecule has 0 saturated heterocycles. The maximum atomic E-state index is 12.4. The van der Waals surface area contributed by atoms with Crippen molar-refractivity contribution in [1.29, 1.82) is 5.26 Å². The molecule has 1 amide bonds. The molecule has 0 unspecified atom stereocenters. The van der Waals surface area contributed by atoms with Gasteiger partial charge in [-0.1, -0.05) is 18.2 Å². The van der Waals surface area contributed by atoms with Crippen molar-refractivity contribution >= 4 is 11.6 Å². The summed E-state index contributed by atoms with van der Waals surface area (Å²) >= 11 is 0. The van der Waals surface area contributed by atoms with Crippen LogP contribution in [0.25, 0.3) is 0 Å². The van der Waals surface area contributed by atoms with E-state index in [1.165, 1.54) is 7.11 Å². The fourth-order valence-electron chi connectivity index (χ4n) is 2.22.